The highest BCUT2D eigenvalue weighted by molar-refractivity contribution is 5.95. The number of carbonyl (C=O) groups is 2. The van der Waals surface area contributed by atoms with E-state index in [4.69, 9.17) is 0 Å². The second-order valence-electron chi connectivity index (χ2n) is 6.31. The second-order valence-corrected chi connectivity index (χ2v) is 6.31. The Morgan fingerprint density at radius 1 is 1.23 bits per heavy atom. The topological polar surface area (TPSA) is 75.4 Å². The van der Waals surface area contributed by atoms with Gasteiger partial charge in [0.05, 0.1) is 17.8 Å². The molecule has 1 aromatic heterocycles. The summed E-state index contributed by atoms with van der Waals surface area (Å²) < 4.78 is 39.9. The molecule has 0 aliphatic carbocycles. The number of aromatic nitrogens is 2. The number of hydrogen-bond donors (Lipinski definition) is 1. The largest absolute Gasteiger partial charge is 0.481 e. The maximum absolute atomic E-state index is 13.0. The summed E-state index contributed by atoms with van der Waals surface area (Å²) in [6, 6.07) is 6.56. The molecule has 1 saturated heterocycles. The van der Waals surface area contributed by atoms with Crippen LogP contribution in [0.3, 0.4) is 0 Å². The van der Waals surface area contributed by atoms with Crippen LogP contribution in [0, 0.1) is 11.8 Å². The summed E-state index contributed by atoms with van der Waals surface area (Å²) in [5, 5.41) is 12.9. The monoisotopic (exact) mass is 367 g/mol. The average Bonchev–Trinajstić information content (AvgIpc) is 3.20. The number of nitrogens with zero attached hydrogens (tertiary/aromatic N) is 3. The number of carboxylic acid groups (broad SMARTS) is 1. The van der Waals surface area contributed by atoms with E-state index in [1.807, 2.05) is 0 Å². The zero-order valence-corrected chi connectivity index (χ0v) is 13.8. The number of benzene rings is 1. The summed E-state index contributed by atoms with van der Waals surface area (Å²) >= 11 is 0. The van der Waals surface area contributed by atoms with Gasteiger partial charge in [-0.1, -0.05) is 13.0 Å². The fourth-order valence-corrected chi connectivity index (χ4v) is 3.13. The smallest absolute Gasteiger partial charge is 0.433 e. The molecule has 26 heavy (non-hydrogen) atoms. The Morgan fingerprint density at radius 3 is 2.58 bits per heavy atom. The van der Waals surface area contributed by atoms with Crippen LogP contribution in [0.25, 0.3) is 5.69 Å². The third-order valence-electron chi connectivity index (χ3n) is 4.49. The number of carboxylic acids is 1. The Hall–Kier alpha value is -2.84. The molecule has 2 heterocycles. The molecule has 0 bridgehead atoms. The minimum absolute atomic E-state index is 0.0785. The molecule has 6 nitrogen and oxygen atoms in total. The summed E-state index contributed by atoms with van der Waals surface area (Å²) in [6.07, 6.45) is -3.54. The van der Waals surface area contributed by atoms with E-state index in [0.29, 0.717) is 0 Å². The van der Waals surface area contributed by atoms with Crippen LogP contribution >= 0.6 is 0 Å². The highest BCUT2D eigenvalue weighted by Crippen LogP contribution is 2.31. The van der Waals surface area contributed by atoms with E-state index in [0.717, 1.165) is 16.9 Å². The fraction of sp³-hybridized carbons (Fsp3) is 0.353. The molecule has 1 fully saturated rings. The summed E-state index contributed by atoms with van der Waals surface area (Å²) in [6.45, 7) is 2.12. The third kappa shape index (κ3) is 3.29. The highest BCUT2D eigenvalue weighted by atomic mass is 19.4. The zero-order chi connectivity index (χ0) is 19.1. The Morgan fingerprint density at radius 2 is 1.96 bits per heavy atom. The first kappa shape index (κ1) is 18.0. The summed E-state index contributed by atoms with van der Waals surface area (Å²) in [7, 11) is 0. The van der Waals surface area contributed by atoms with Gasteiger partial charge < -0.3 is 10.0 Å². The summed E-state index contributed by atoms with van der Waals surface area (Å²) in [5.41, 5.74) is -0.651. The second kappa shape index (κ2) is 6.47. The number of carbonyl (C=O) groups excluding carboxylic acids is 1. The number of halogens is 3. The molecule has 0 saturated carbocycles. The van der Waals surface area contributed by atoms with E-state index in [1.165, 1.54) is 29.2 Å². The molecule has 0 unspecified atom stereocenters. The van der Waals surface area contributed by atoms with Crippen LogP contribution in [0.5, 0.6) is 0 Å². The van der Waals surface area contributed by atoms with Crippen LogP contribution in [-0.4, -0.2) is 44.8 Å². The first-order chi connectivity index (χ1) is 12.2. The third-order valence-corrected chi connectivity index (χ3v) is 4.49. The van der Waals surface area contributed by atoms with Crippen LogP contribution in [0.4, 0.5) is 13.2 Å². The van der Waals surface area contributed by atoms with Crippen molar-refractivity contribution in [3.05, 3.63) is 47.8 Å². The van der Waals surface area contributed by atoms with Gasteiger partial charge >= 0.3 is 12.1 Å². The molecule has 1 aliphatic heterocycles. The van der Waals surface area contributed by atoms with Gasteiger partial charge in [-0.15, -0.1) is 0 Å². The molecular weight excluding hydrogens is 351 g/mol. The summed E-state index contributed by atoms with van der Waals surface area (Å²) in [4.78, 5) is 25.3. The van der Waals surface area contributed by atoms with Crippen molar-refractivity contribution in [2.45, 2.75) is 13.1 Å². The van der Waals surface area contributed by atoms with E-state index in [-0.39, 0.29) is 30.3 Å². The van der Waals surface area contributed by atoms with Crippen molar-refractivity contribution in [2.75, 3.05) is 13.1 Å². The van der Waals surface area contributed by atoms with Crippen molar-refractivity contribution in [1.82, 2.24) is 14.7 Å². The Bertz CT molecular complexity index is 847. The SMILES string of the molecule is C[C@@H]1CN(C(=O)c2cccc(-n3nccc3C(F)(F)F)c2)C[C@H]1C(=O)O. The Labute approximate surface area is 146 Å². The van der Waals surface area contributed by atoms with Gasteiger partial charge in [-0.25, -0.2) is 4.68 Å². The van der Waals surface area contributed by atoms with E-state index in [2.05, 4.69) is 5.10 Å². The average molecular weight is 367 g/mol. The van der Waals surface area contributed by atoms with Gasteiger partial charge in [0.25, 0.3) is 5.91 Å². The van der Waals surface area contributed by atoms with E-state index < -0.39 is 29.7 Å². The van der Waals surface area contributed by atoms with Crippen molar-refractivity contribution in [1.29, 1.82) is 0 Å². The van der Waals surface area contributed by atoms with Gasteiger partial charge in [-0.2, -0.15) is 18.3 Å². The maximum Gasteiger partial charge on any atom is 0.433 e. The fourth-order valence-electron chi connectivity index (χ4n) is 3.13. The molecule has 1 aliphatic rings. The molecule has 9 heteroatoms. The molecule has 2 aromatic rings. The molecular formula is C17H16F3N3O3. The molecule has 1 aromatic carbocycles. The van der Waals surface area contributed by atoms with Crippen LogP contribution in [-0.2, 0) is 11.0 Å². The van der Waals surface area contributed by atoms with Gasteiger partial charge in [-0.3, -0.25) is 9.59 Å². The minimum atomic E-state index is -4.57. The van der Waals surface area contributed by atoms with Gasteiger partial charge in [0, 0.05) is 18.7 Å². The van der Waals surface area contributed by atoms with Crippen LogP contribution in [0.1, 0.15) is 23.0 Å². The molecule has 0 spiro atoms. The number of hydrogen-bond acceptors (Lipinski definition) is 3. The van der Waals surface area contributed by atoms with Crippen molar-refractivity contribution >= 4 is 11.9 Å². The lowest BCUT2D eigenvalue weighted by molar-refractivity contribution is -0.143. The minimum Gasteiger partial charge on any atom is -0.481 e. The quantitative estimate of drug-likeness (QED) is 0.905. The lowest BCUT2D eigenvalue weighted by Gasteiger charge is -2.17. The summed E-state index contributed by atoms with van der Waals surface area (Å²) in [5.74, 6) is -2.22. The van der Waals surface area contributed by atoms with Crippen LogP contribution < -0.4 is 0 Å². The molecule has 2 atom stereocenters. The number of alkyl halides is 3. The Balaban J connectivity index is 1.88. The molecule has 1 N–H and O–H groups in total. The van der Waals surface area contributed by atoms with Gasteiger partial charge in [0.2, 0.25) is 0 Å². The predicted molar refractivity (Wildman–Crippen MR) is 84.8 cm³/mol. The number of amides is 1. The van der Waals surface area contributed by atoms with E-state index in [1.54, 1.807) is 6.92 Å². The molecule has 138 valence electrons. The molecule has 1 amide bonds. The first-order valence-electron chi connectivity index (χ1n) is 7.92. The van der Waals surface area contributed by atoms with Crippen molar-refractivity contribution in [3.63, 3.8) is 0 Å². The number of likely N-dealkylation sites (tertiary alicyclic amines) is 1. The van der Waals surface area contributed by atoms with Crippen LogP contribution in [0.2, 0.25) is 0 Å². The Kier molecular flexibility index (Phi) is 4.47. The zero-order valence-electron chi connectivity index (χ0n) is 13.8. The van der Waals surface area contributed by atoms with Crippen molar-refractivity contribution in [3.8, 4) is 5.69 Å². The van der Waals surface area contributed by atoms with Gasteiger partial charge in [-0.05, 0) is 30.2 Å². The maximum atomic E-state index is 13.0. The number of aliphatic carboxylic acids is 1. The standard InChI is InChI=1S/C17H16F3N3O3/c1-10-8-22(9-13(10)16(25)26)15(24)11-3-2-4-12(7-11)23-14(5-6-21-23)17(18,19)20/h2-7,10,13H,8-9H2,1H3,(H,25,26)/t10-,13-/m1/s1. The molecule has 3 rings (SSSR count). The van der Waals surface area contributed by atoms with E-state index in [9.17, 15) is 27.9 Å². The lowest BCUT2D eigenvalue weighted by Crippen LogP contribution is -2.30. The first-order valence-corrected chi connectivity index (χ1v) is 7.92. The van der Waals surface area contributed by atoms with Crippen molar-refractivity contribution < 1.29 is 27.9 Å². The molecule has 0 radical (unpaired) electrons. The predicted octanol–water partition coefficient (Wildman–Crippen LogP) is 2.68. The van der Waals surface area contributed by atoms with Gasteiger partial charge in [0.15, 0.2) is 0 Å². The highest BCUT2D eigenvalue weighted by Gasteiger charge is 2.38. The van der Waals surface area contributed by atoms with Crippen LogP contribution in [0.15, 0.2) is 36.5 Å². The number of rotatable bonds is 3. The van der Waals surface area contributed by atoms with Gasteiger partial charge in [0.1, 0.15) is 5.69 Å². The lowest BCUT2D eigenvalue weighted by atomic mass is 9.99. The van der Waals surface area contributed by atoms with Crippen molar-refractivity contribution in [2.24, 2.45) is 11.8 Å². The normalized spacial score (nSPS) is 20.4. The van der Waals surface area contributed by atoms with E-state index >= 15 is 0 Å².